The number of imidazole rings is 1. The maximum atomic E-state index is 13.5. The molecule has 1 atom stereocenters. The maximum Gasteiger partial charge on any atom is 0.258 e. The van der Waals surface area contributed by atoms with Gasteiger partial charge in [-0.3, -0.25) is 9.59 Å². The number of hydrogen-bond donors (Lipinski definition) is 1. The largest absolute Gasteiger partial charge is 0.465 e. The molecule has 0 unspecified atom stereocenters. The lowest BCUT2D eigenvalue weighted by Gasteiger charge is -2.23. The van der Waals surface area contributed by atoms with Crippen molar-refractivity contribution in [2.45, 2.75) is 52.0 Å². The van der Waals surface area contributed by atoms with E-state index < -0.39 is 0 Å². The molecule has 3 aromatic rings. The van der Waals surface area contributed by atoms with Crippen LogP contribution in [0.25, 0.3) is 11.0 Å². The van der Waals surface area contributed by atoms with Crippen molar-refractivity contribution in [3.05, 3.63) is 52.2 Å². The second-order valence-electron chi connectivity index (χ2n) is 7.86. The maximum absolute atomic E-state index is 13.5. The van der Waals surface area contributed by atoms with Crippen LogP contribution in [0.4, 0.5) is 0 Å². The van der Waals surface area contributed by atoms with Crippen LogP contribution in [-0.2, 0) is 6.42 Å². The SMILES string of the molecule is Cc1oc2c(c1C(=O)N1CCC[C@H]1c1nc3c(C)cccc3[nH]1)C(=O)CCC2. The van der Waals surface area contributed by atoms with E-state index in [0.29, 0.717) is 35.6 Å². The minimum atomic E-state index is -0.113. The molecule has 1 fully saturated rings. The van der Waals surface area contributed by atoms with Crippen molar-refractivity contribution in [2.24, 2.45) is 0 Å². The van der Waals surface area contributed by atoms with E-state index in [1.807, 2.05) is 30.0 Å². The summed E-state index contributed by atoms with van der Waals surface area (Å²) in [5, 5.41) is 0. The zero-order valence-electron chi connectivity index (χ0n) is 16.2. The number of para-hydroxylation sites is 1. The topological polar surface area (TPSA) is 79.2 Å². The number of likely N-dealkylation sites (tertiary alicyclic amines) is 1. The number of aromatic nitrogens is 2. The van der Waals surface area contributed by atoms with Gasteiger partial charge in [0, 0.05) is 19.4 Å². The van der Waals surface area contributed by atoms with Crippen LogP contribution in [0, 0.1) is 13.8 Å². The predicted molar refractivity (Wildman–Crippen MR) is 105 cm³/mol. The molecule has 0 spiro atoms. The number of benzene rings is 1. The Bertz CT molecular complexity index is 1110. The van der Waals surface area contributed by atoms with Gasteiger partial charge in [-0.15, -0.1) is 0 Å². The summed E-state index contributed by atoms with van der Waals surface area (Å²) in [7, 11) is 0. The molecule has 6 nitrogen and oxygen atoms in total. The normalized spacial score (nSPS) is 19.4. The van der Waals surface area contributed by atoms with Crippen LogP contribution >= 0.6 is 0 Å². The third-order valence-electron chi connectivity index (χ3n) is 6.02. The molecule has 2 aliphatic rings. The molecule has 6 heteroatoms. The average Bonchev–Trinajstić information content (AvgIpc) is 3.37. The lowest BCUT2D eigenvalue weighted by Crippen LogP contribution is -2.32. The number of carbonyl (C=O) groups excluding carboxylic acids is 2. The monoisotopic (exact) mass is 377 g/mol. The molecule has 1 aliphatic carbocycles. The molecule has 1 amide bonds. The number of fused-ring (bicyclic) bond motifs is 2. The molecule has 28 heavy (non-hydrogen) atoms. The zero-order chi connectivity index (χ0) is 19.4. The Morgan fingerprint density at radius 2 is 2.11 bits per heavy atom. The third-order valence-corrected chi connectivity index (χ3v) is 6.02. The zero-order valence-corrected chi connectivity index (χ0v) is 16.2. The molecule has 0 radical (unpaired) electrons. The van der Waals surface area contributed by atoms with E-state index in [0.717, 1.165) is 48.1 Å². The van der Waals surface area contributed by atoms with E-state index in [4.69, 9.17) is 9.40 Å². The van der Waals surface area contributed by atoms with Crippen LogP contribution in [0.1, 0.15) is 75.3 Å². The smallest absolute Gasteiger partial charge is 0.258 e. The van der Waals surface area contributed by atoms with Gasteiger partial charge in [0.1, 0.15) is 17.3 Å². The second kappa shape index (κ2) is 6.33. The van der Waals surface area contributed by atoms with Crippen LogP contribution in [0.5, 0.6) is 0 Å². The second-order valence-corrected chi connectivity index (χ2v) is 7.86. The number of ketones is 1. The first kappa shape index (κ1) is 17.2. The minimum Gasteiger partial charge on any atom is -0.465 e. The molecule has 1 aliphatic heterocycles. The van der Waals surface area contributed by atoms with Gasteiger partial charge in [-0.25, -0.2) is 4.98 Å². The van der Waals surface area contributed by atoms with Crippen molar-refractivity contribution in [2.75, 3.05) is 6.54 Å². The minimum absolute atomic E-state index is 0.0246. The van der Waals surface area contributed by atoms with E-state index in [2.05, 4.69) is 4.98 Å². The first-order valence-electron chi connectivity index (χ1n) is 9.96. The fraction of sp³-hybridized carbons (Fsp3) is 0.409. The molecule has 144 valence electrons. The highest BCUT2D eigenvalue weighted by Crippen LogP contribution is 2.36. The van der Waals surface area contributed by atoms with Crippen molar-refractivity contribution in [3.63, 3.8) is 0 Å². The van der Waals surface area contributed by atoms with Gasteiger partial charge >= 0.3 is 0 Å². The summed E-state index contributed by atoms with van der Waals surface area (Å²) in [5.41, 5.74) is 4.02. The third kappa shape index (κ3) is 2.51. The van der Waals surface area contributed by atoms with Gasteiger partial charge in [0.25, 0.3) is 5.91 Å². The van der Waals surface area contributed by atoms with Crippen LogP contribution < -0.4 is 0 Å². The molecule has 2 aromatic heterocycles. The standard InChI is InChI=1S/C22H23N3O3/c1-12-6-3-7-14-20(12)24-21(23-14)15-8-5-11-25(15)22(27)18-13(2)28-17-10-4-9-16(26)19(17)18/h3,6-7,15H,4-5,8-11H2,1-2H3,(H,23,24)/t15-/m0/s1. The lowest BCUT2D eigenvalue weighted by atomic mass is 9.93. The number of amides is 1. The Kier molecular flexibility index (Phi) is 3.89. The van der Waals surface area contributed by atoms with E-state index in [-0.39, 0.29) is 17.7 Å². The van der Waals surface area contributed by atoms with Gasteiger partial charge in [-0.2, -0.15) is 0 Å². The van der Waals surface area contributed by atoms with E-state index in [9.17, 15) is 9.59 Å². The van der Waals surface area contributed by atoms with Crippen LogP contribution in [0.15, 0.2) is 22.6 Å². The molecule has 3 heterocycles. The number of H-pyrrole nitrogens is 1. The first-order valence-corrected chi connectivity index (χ1v) is 9.96. The predicted octanol–water partition coefficient (Wildman–Crippen LogP) is 4.27. The number of aryl methyl sites for hydroxylation is 3. The van der Waals surface area contributed by atoms with Crippen LogP contribution in [-0.4, -0.2) is 33.1 Å². The van der Waals surface area contributed by atoms with Crippen molar-refractivity contribution < 1.29 is 14.0 Å². The van der Waals surface area contributed by atoms with Gasteiger partial charge < -0.3 is 14.3 Å². The summed E-state index contributed by atoms with van der Waals surface area (Å²) in [6.07, 6.45) is 3.77. The number of aromatic amines is 1. The molecule has 5 rings (SSSR count). The highest BCUT2D eigenvalue weighted by molar-refractivity contribution is 6.10. The highest BCUT2D eigenvalue weighted by Gasteiger charge is 2.38. The fourth-order valence-electron chi connectivity index (χ4n) is 4.66. The van der Waals surface area contributed by atoms with Gasteiger partial charge in [-0.05, 0) is 44.7 Å². The number of nitrogens with zero attached hydrogens (tertiary/aromatic N) is 2. The summed E-state index contributed by atoms with van der Waals surface area (Å²) >= 11 is 0. The Morgan fingerprint density at radius 1 is 1.25 bits per heavy atom. The number of rotatable bonds is 2. The Morgan fingerprint density at radius 3 is 2.93 bits per heavy atom. The molecule has 0 bridgehead atoms. The van der Waals surface area contributed by atoms with Gasteiger partial charge in [0.15, 0.2) is 5.78 Å². The molecule has 0 saturated carbocycles. The van der Waals surface area contributed by atoms with Gasteiger partial charge in [0.05, 0.1) is 28.2 Å². The van der Waals surface area contributed by atoms with Crippen molar-refractivity contribution >= 4 is 22.7 Å². The Hall–Kier alpha value is -2.89. The number of nitrogens with one attached hydrogen (secondary N) is 1. The molecule has 1 N–H and O–H groups in total. The number of carbonyl (C=O) groups is 2. The van der Waals surface area contributed by atoms with E-state index in [1.165, 1.54) is 0 Å². The lowest BCUT2D eigenvalue weighted by molar-refractivity contribution is 0.0724. The number of hydrogen-bond acceptors (Lipinski definition) is 4. The Labute approximate surface area is 162 Å². The average molecular weight is 377 g/mol. The van der Waals surface area contributed by atoms with Gasteiger partial charge in [0.2, 0.25) is 0 Å². The molecule has 1 saturated heterocycles. The summed E-state index contributed by atoms with van der Waals surface area (Å²) in [5.74, 6) is 1.95. The van der Waals surface area contributed by atoms with E-state index in [1.54, 1.807) is 6.92 Å². The summed E-state index contributed by atoms with van der Waals surface area (Å²) in [6.45, 7) is 4.48. The quantitative estimate of drug-likeness (QED) is 0.723. The Balaban J connectivity index is 1.54. The van der Waals surface area contributed by atoms with Crippen LogP contribution in [0.2, 0.25) is 0 Å². The van der Waals surface area contributed by atoms with Crippen molar-refractivity contribution in [1.82, 2.24) is 14.9 Å². The highest BCUT2D eigenvalue weighted by atomic mass is 16.3. The number of Topliss-reactive ketones (excluding diaryl/α,β-unsaturated/α-hetero) is 1. The fourth-order valence-corrected chi connectivity index (χ4v) is 4.66. The molecule has 1 aromatic carbocycles. The van der Waals surface area contributed by atoms with E-state index >= 15 is 0 Å². The van der Waals surface area contributed by atoms with Crippen LogP contribution in [0.3, 0.4) is 0 Å². The van der Waals surface area contributed by atoms with Gasteiger partial charge in [-0.1, -0.05) is 12.1 Å². The summed E-state index contributed by atoms with van der Waals surface area (Å²) in [4.78, 5) is 36.0. The first-order chi connectivity index (χ1) is 13.5. The molecular weight excluding hydrogens is 354 g/mol. The summed E-state index contributed by atoms with van der Waals surface area (Å²) in [6, 6.07) is 5.94. The van der Waals surface area contributed by atoms with Crippen molar-refractivity contribution in [1.29, 1.82) is 0 Å². The van der Waals surface area contributed by atoms with Crippen molar-refractivity contribution in [3.8, 4) is 0 Å². The summed E-state index contributed by atoms with van der Waals surface area (Å²) < 4.78 is 5.80. The molecular formula is C22H23N3O3. The number of furan rings is 1.